The molecule has 0 heterocycles. The van der Waals surface area contributed by atoms with E-state index in [2.05, 4.69) is 46.8 Å². The first kappa shape index (κ1) is 17.1. The molecule has 0 aliphatic rings. The van der Waals surface area contributed by atoms with Crippen molar-refractivity contribution in [1.82, 2.24) is 0 Å². The summed E-state index contributed by atoms with van der Waals surface area (Å²) in [5.41, 5.74) is 6.13. The van der Waals surface area contributed by atoms with E-state index in [4.69, 9.17) is 5.73 Å². The van der Waals surface area contributed by atoms with Gasteiger partial charge in [-0.1, -0.05) is 60.6 Å². The molecule has 0 aromatic rings. The first-order chi connectivity index (χ1) is 6.83. The molecule has 0 atom stereocenters. The standard InChI is InChI=1S/C12H25N.C2H6/c1-6-11(2,3)7-8-12(4,5)9-10-13;1-2/h7-8H,6,9-10,13H2,1-5H3;1-2H3/b8-7-;. The Morgan fingerprint density at radius 1 is 0.933 bits per heavy atom. The van der Waals surface area contributed by atoms with Crippen molar-refractivity contribution < 1.29 is 0 Å². The van der Waals surface area contributed by atoms with E-state index < -0.39 is 0 Å². The van der Waals surface area contributed by atoms with E-state index in [1.54, 1.807) is 0 Å². The van der Waals surface area contributed by atoms with E-state index in [1.807, 2.05) is 13.8 Å². The molecule has 0 saturated carbocycles. The summed E-state index contributed by atoms with van der Waals surface area (Å²) in [6.07, 6.45) is 6.87. The third-order valence-electron chi connectivity index (χ3n) is 2.69. The van der Waals surface area contributed by atoms with Gasteiger partial charge in [0.15, 0.2) is 0 Å². The fraction of sp³-hybridized carbons (Fsp3) is 0.857. The van der Waals surface area contributed by atoms with Crippen molar-refractivity contribution >= 4 is 0 Å². The monoisotopic (exact) mass is 213 g/mol. The molecule has 0 unspecified atom stereocenters. The van der Waals surface area contributed by atoms with Crippen LogP contribution in [0.15, 0.2) is 12.2 Å². The number of hydrogen-bond donors (Lipinski definition) is 1. The Balaban J connectivity index is 0. The van der Waals surface area contributed by atoms with Crippen LogP contribution in [-0.4, -0.2) is 6.54 Å². The Bertz CT molecular complexity index is 166. The highest BCUT2D eigenvalue weighted by Crippen LogP contribution is 2.27. The van der Waals surface area contributed by atoms with Gasteiger partial charge in [-0.25, -0.2) is 0 Å². The lowest BCUT2D eigenvalue weighted by molar-refractivity contribution is 0.418. The number of allylic oxidation sites excluding steroid dienone is 2. The van der Waals surface area contributed by atoms with Crippen molar-refractivity contribution in [3.63, 3.8) is 0 Å². The Morgan fingerprint density at radius 3 is 1.67 bits per heavy atom. The van der Waals surface area contributed by atoms with Gasteiger partial charge in [-0.15, -0.1) is 0 Å². The maximum absolute atomic E-state index is 5.55. The number of hydrogen-bond acceptors (Lipinski definition) is 1. The molecule has 0 amide bonds. The molecule has 0 radical (unpaired) electrons. The van der Waals surface area contributed by atoms with Crippen molar-refractivity contribution in [2.45, 2.75) is 61.3 Å². The molecular formula is C14H31N. The second kappa shape index (κ2) is 7.92. The minimum Gasteiger partial charge on any atom is -0.330 e. The number of rotatable bonds is 5. The lowest BCUT2D eigenvalue weighted by atomic mass is 9.83. The molecule has 0 bridgehead atoms. The van der Waals surface area contributed by atoms with Gasteiger partial charge in [-0.3, -0.25) is 0 Å². The van der Waals surface area contributed by atoms with Crippen molar-refractivity contribution in [3.8, 4) is 0 Å². The summed E-state index contributed by atoms with van der Waals surface area (Å²) >= 11 is 0. The van der Waals surface area contributed by atoms with Crippen LogP contribution < -0.4 is 5.73 Å². The molecule has 1 nitrogen and oxygen atoms in total. The van der Waals surface area contributed by atoms with Crippen LogP contribution in [0.25, 0.3) is 0 Å². The van der Waals surface area contributed by atoms with Gasteiger partial charge in [0.25, 0.3) is 0 Å². The lowest BCUT2D eigenvalue weighted by Gasteiger charge is -2.23. The van der Waals surface area contributed by atoms with Crippen molar-refractivity contribution in [3.05, 3.63) is 12.2 Å². The Morgan fingerprint density at radius 2 is 1.33 bits per heavy atom. The van der Waals surface area contributed by atoms with Crippen LogP contribution in [0.2, 0.25) is 0 Å². The zero-order valence-corrected chi connectivity index (χ0v) is 11.9. The van der Waals surface area contributed by atoms with Gasteiger partial charge < -0.3 is 5.73 Å². The van der Waals surface area contributed by atoms with E-state index in [-0.39, 0.29) is 5.41 Å². The molecule has 2 N–H and O–H groups in total. The topological polar surface area (TPSA) is 26.0 Å². The summed E-state index contributed by atoms with van der Waals surface area (Å²) in [5.74, 6) is 0. The highest BCUT2D eigenvalue weighted by Gasteiger charge is 2.15. The average molecular weight is 213 g/mol. The fourth-order valence-electron chi connectivity index (χ4n) is 1.02. The van der Waals surface area contributed by atoms with Crippen molar-refractivity contribution in [2.24, 2.45) is 16.6 Å². The maximum atomic E-state index is 5.55. The summed E-state index contributed by atoms with van der Waals surface area (Å²) in [6, 6.07) is 0. The predicted molar refractivity (Wildman–Crippen MR) is 72.0 cm³/mol. The largest absolute Gasteiger partial charge is 0.330 e. The van der Waals surface area contributed by atoms with Crippen LogP contribution in [0.5, 0.6) is 0 Å². The normalized spacial score (nSPS) is 12.5. The summed E-state index contributed by atoms with van der Waals surface area (Å²) in [6.45, 7) is 16.0. The molecule has 0 rings (SSSR count). The van der Waals surface area contributed by atoms with E-state index >= 15 is 0 Å². The van der Waals surface area contributed by atoms with Crippen LogP contribution in [0.3, 0.4) is 0 Å². The van der Waals surface area contributed by atoms with Crippen LogP contribution in [0.4, 0.5) is 0 Å². The SMILES string of the molecule is CC.CCC(C)(C)/C=C\C(C)(C)CCN. The van der Waals surface area contributed by atoms with Crippen LogP contribution in [0, 0.1) is 10.8 Å². The second-order valence-corrected chi connectivity index (χ2v) is 5.20. The third kappa shape index (κ3) is 9.99. The fourth-order valence-corrected chi connectivity index (χ4v) is 1.02. The highest BCUT2D eigenvalue weighted by molar-refractivity contribution is 5.01. The molecule has 0 spiro atoms. The average Bonchev–Trinajstić information content (AvgIpc) is 2.19. The summed E-state index contributed by atoms with van der Waals surface area (Å²) in [5, 5.41) is 0. The first-order valence-corrected chi connectivity index (χ1v) is 6.23. The Labute approximate surface area is 97.1 Å². The maximum Gasteiger partial charge on any atom is -0.00692 e. The van der Waals surface area contributed by atoms with Gasteiger partial charge >= 0.3 is 0 Å². The van der Waals surface area contributed by atoms with Gasteiger partial charge in [-0.05, 0) is 30.2 Å². The molecule has 15 heavy (non-hydrogen) atoms. The molecular weight excluding hydrogens is 182 g/mol. The molecule has 0 aliphatic carbocycles. The minimum absolute atomic E-state index is 0.251. The van der Waals surface area contributed by atoms with Crippen LogP contribution in [0.1, 0.15) is 61.3 Å². The highest BCUT2D eigenvalue weighted by atomic mass is 14.5. The van der Waals surface area contributed by atoms with Gasteiger partial charge in [0.1, 0.15) is 0 Å². The van der Waals surface area contributed by atoms with Gasteiger partial charge in [0.2, 0.25) is 0 Å². The second-order valence-electron chi connectivity index (χ2n) is 5.20. The van der Waals surface area contributed by atoms with E-state index in [9.17, 15) is 0 Å². The zero-order valence-electron chi connectivity index (χ0n) is 11.9. The molecule has 0 aromatic heterocycles. The summed E-state index contributed by atoms with van der Waals surface area (Å²) < 4.78 is 0. The van der Waals surface area contributed by atoms with Gasteiger partial charge in [-0.2, -0.15) is 0 Å². The number of nitrogens with two attached hydrogens (primary N) is 1. The molecule has 1 heteroatoms. The van der Waals surface area contributed by atoms with Crippen LogP contribution in [-0.2, 0) is 0 Å². The van der Waals surface area contributed by atoms with E-state index in [1.165, 1.54) is 6.42 Å². The smallest absolute Gasteiger partial charge is 0.00692 e. The van der Waals surface area contributed by atoms with Gasteiger partial charge in [0, 0.05) is 0 Å². The Kier molecular flexibility index (Phi) is 9.04. The third-order valence-corrected chi connectivity index (χ3v) is 2.69. The van der Waals surface area contributed by atoms with Gasteiger partial charge in [0.05, 0.1) is 0 Å². The zero-order chi connectivity index (χ0) is 12.5. The quantitative estimate of drug-likeness (QED) is 0.674. The lowest BCUT2D eigenvalue weighted by Crippen LogP contribution is -2.15. The summed E-state index contributed by atoms with van der Waals surface area (Å²) in [4.78, 5) is 0. The minimum atomic E-state index is 0.251. The van der Waals surface area contributed by atoms with Crippen molar-refractivity contribution in [1.29, 1.82) is 0 Å². The molecule has 0 aliphatic heterocycles. The van der Waals surface area contributed by atoms with Crippen LogP contribution >= 0.6 is 0 Å². The first-order valence-electron chi connectivity index (χ1n) is 6.23. The molecule has 0 fully saturated rings. The predicted octanol–water partition coefficient (Wildman–Crippen LogP) is 4.38. The Hall–Kier alpha value is -0.300. The summed E-state index contributed by atoms with van der Waals surface area (Å²) in [7, 11) is 0. The molecule has 0 aromatic carbocycles. The molecule has 92 valence electrons. The van der Waals surface area contributed by atoms with E-state index in [0.29, 0.717) is 5.41 Å². The molecule has 0 saturated heterocycles. The van der Waals surface area contributed by atoms with E-state index in [0.717, 1.165) is 13.0 Å². The van der Waals surface area contributed by atoms with Crippen molar-refractivity contribution in [2.75, 3.05) is 6.54 Å².